The van der Waals surface area contributed by atoms with Crippen LogP contribution in [0.3, 0.4) is 0 Å². The van der Waals surface area contributed by atoms with Gasteiger partial charge >= 0.3 is 0 Å². The number of hydrogen-bond donors (Lipinski definition) is 3. The van der Waals surface area contributed by atoms with Crippen LogP contribution >= 0.6 is 0 Å². The first-order chi connectivity index (χ1) is 13.9. The fraction of sp³-hybridized carbons (Fsp3) is 0.0870. The Bertz CT molecular complexity index is 1090. The van der Waals surface area contributed by atoms with Crippen LogP contribution in [0.5, 0.6) is 0 Å². The van der Waals surface area contributed by atoms with E-state index in [1.165, 1.54) is 6.08 Å². The summed E-state index contributed by atoms with van der Waals surface area (Å²) in [4.78, 5) is 19.7. The minimum atomic E-state index is -0.475. The van der Waals surface area contributed by atoms with Crippen LogP contribution in [-0.2, 0) is 4.79 Å². The van der Waals surface area contributed by atoms with Crippen LogP contribution in [0, 0.1) is 26.2 Å². The molecule has 144 valence electrons. The van der Waals surface area contributed by atoms with Crippen molar-refractivity contribution in [2.24, 2.45) is 5.73 Å². The number of nitrogens with zero attached hydrogens (tertiary/aromatic N) is 2. The Morgan fingerprint density at radius 2 is 1.79 bits per heavy atom. The first kappa shape index (κ1) is 19.6. The van der Waals surface area contributed by atoms with E-state index in [4.69, 9.17) is 12.2 Å². The molecule has 0 saturated heterocycles. The van der Waals surface area contributed by atoms with Crippen molar-refractivity contribution in [2.75, 3.05) is 10.6 Å². The summed E-state index contributed by atoms with van der Waals surface area (Å²) in [5, 5.41) is 6.51. The lowest BCUT2D eigenvalue weighted by Crippen LogP contribution is -2.05. The molecule has 29 heavy (non-hydrogen) atoms. The Labute approximate surface area is 169 Å². The van der Waals surface area contributed by atoms with Crippen LogP contribution in [0.2, 0.25) is 0 Å². The molecule has 0 aliphatic carbocycles. The fourth-order valence-electron chi connectivity index (χ4n) is 2.86. The Hall–Kier alpha value is -4.11. The van der Waals surface area contributed by atoms with Crippen LogP contribution in [0.4, 0.5) is 23.1 Å². The van der Waals surface area contributed by atoms with Crippen molar-refractivity contribution >= 4 is 35.1 Å². The molecular weight excluding hydrogens is 362 g/mol. The van der Waals surface area contributed by atoms with Gasteiger partial charge in [-0.3, -0.25) is 4.79 Å². The molecule has 0 unspecified atom stereocenters. The maximum absolute atomic E-state index is 10.9. The quantitative estimate of drug-likeness (QED) is 0.441. The summed E-state index contributed by atoms with van der Waals surface area (Å²) >= 11 is 0. The fourth-order valence-corrected chi connectivity index (χ4v) is 2.86. The van der Waals surface area contributed by atoms with Crippen molar-refractivity contribution in [3.05, 3.63) is 77.0 Å². The lowest BCUT2D eigenvalue weighted by molar-refractivity contribution is -0.113. The third-order valence-electron chi connectivity index (χ3n) is 4.21. The highest BCUT2D eigenvalue weighted by Crippen LogP contribution is 2.26. The number of amides is 1. The number of aromatic nitrogens is 2. The minimum absolute atomic E-state index is 0.472. The van der Waals surface area contributed by atoms with Crippen LogP contribution in [0.25, 0.3) is 6.08 Å². The second kappa shape index (κ2) is 8.72. The van der Waals surface area contributed by atoms with Gasteiger partial charge in [0.2, 0.25) is 11.9 Å². The summed E-state index contributed by atoms with van der Waals surface area (Å²) in [6.45, 7) is 3.98. The summed E-state index contributed by atoms with van der Waals surface area (Å²) in [7, 11) is 0. The third-order valence-corrected chi connectivity index (χ3v) is 4.21. The van der Waals surface area contributed by atoms with E-state index in [-0.39, 0.29) is 0 Å². The second-order valence-corrected chi connectivity index (χ2v) is 6.50. The van der Waals surface area contributed by atoms with Crippen molar-refractivity contribution in [1.82, 2.24) is 9.97 Å². The van der Waals surface area contributed by atoms with Crippen molar-refractivity contribution in [1.29, 1.82) is 0 Å². The zero-order valence-electron chi connectivity index (χ0n) is 16.2. The van der Waals surface area contributed by atoms with Gasteiger partial charge < -0.3 is 16.4 Å². The summed E-state index contributed by atoms with van der Waals surface area (Å²) in [6.07, 6.45) is 10.1. The molecule has 1 amide bonds. The van der Waals surface area contributed by atoms with Gasteiger partial charge in [-0.05, 0) is 79.1 Å². The Kier molecular flexibility index (Phi) is 5.91. The zero-order chi connectivity index (χ0) is 20.8. The van der Waals surface area contributed by atoms with Crippen LogP contribution < -0.4 is 16.4 Å². The molecule has 0 aliphatic heterocycles. The average molecular weight is 383 g/mol. The molecule has 0 fully saturated rings. The van der Waals surface area contributed by atoms with Gasteiger partial charge in [-0.2, -0.15) is 4.98 Å². The molecule has 3 rings (SSSR count). The maximum atomic E-state index is 10.9. The van der Waals surface area contributed by atoms with Gasteiger partial charge in [0.25, 0.3) is 0 Å². The van der Waals surface area contributed by atoms with Gasteiger partial charge in [-0.1, -0.05) is 5.92 Å². The van der Waals surface area contributed by atoms with Crippen molar-refractivity contribution in [3.8, 4) is 12.3 Å². The highest BCUT2D eigenvalue weighted by molar-refractivity contribution is 5.90. The van der Waals surface area contributed by atoms with Crippen LogP contribution in [0.15, 0.2) is 54.7 Å². The van der Waals surface area contributed by atoms with Crippen LogP contribution in [0.1, 0.15) is 22.3 Å². The molecule has 0 saturated carbocycles. The second-order valence-electron chi connectivity index (χ2n) is 6.50. The largest absolute Gasteiger partial charge is 0.366 e. The highest BCUT2D eigenvalue weighted by atomic mass is 16.1. The topological polar surface area (TPSA) is 92.9 Å². The number of terminal acetylenes is 1. The van der Waals surface area contributed by atoms with Gasteiger partial charge in [0.05, 0.1) is 0 Å². The summed E-state index contributed by atoms with van der Waals surface area (Å²) in [5.74, 6) is 3.25. The lowest BCUT2D eigenvalue weighted by atomic mass is 10.0. The van der Waals surface area contributed by atoms with E-state index >= 15 is 0 Å². The van der Waals surface area contributed by atoms with Gasteiger partial charge in [-0.15, -0.1) is 6.42 Å². The van der Waals surface area contributed by atoms with Gasteiger partial charge in [0, 0.05) is 29.2 Å². The molecule has 0 atom stereocenters. The van der Waals surface area contributed by atoms with Gasteiger partial charge in [0.1, 0.15) is 5.82 Å². The molecule has 0 bridgehead atoms. The predicted octanol–water partition coefficient (Wildman–Crippen LogP) is 4.06. The molecule has 4 N–H and O–H groups in total. The summed E-state index contributed by atoms with van der Waals surface area (Å²) in [6, 6.07) is 13.2. The average Bonchev–Trinajstić information content (AvgIpc) is 2.70. The predicted molar refractivity (Wildman–Crippen MR) is 117 cm³/mol. The number of nitrogens with two attached hydrogens (primary N) is 1. The molecule has 1 aromatic heterocycles. The summed E-state index contributed by atoms with van der Waals surface area (Å²) in [5.41, 5.74) is 10.7. The number of anilines is 4. The molecule has 0 spiro atoms. The molecule has 1 heterocycles. The highest BCUT2D eigenvalue weighted by Gasteiger charge is 2.07. The monoisotopic (exact) mass is 383 g/mol. The van der Waals surface area contributed by atoms with E-state index in [1.807, 2.05) is 50.2 Å². The first-order valence-corrected chi connectivity index (χ1v) is 8.97. The minimum Gasteiger partial charge on any atom is -0.366 e. The molecule has 6 heteroatoms. The van der Waals surface area contributed by atoms with E-state index in [2.05, 4.69) is 26.5 Å². The van der Waals surface area contributed by atoms with E-state index < -0.39 is 5.91 Å². The number of carbonyl (C=O) groups is 1. The standard InChI is InChI=1S/C23H21N5O/c1-4-17-5-8-19(9-6-17)26-23-25-12-11-21(28-23)27-22-15(2)13-18(14-16(22)3)7-10-20(24)29/h1,5-14H,2-3H3,(H2,24,29)(H2,25,26,27,28). The van der Waals surface area contributed by atoms with E-state index in [1.54, 1.807) is 18.3 Å². The SMILES string of the molecule is C#Cc1ccc(Nc2nccc(Nc3c(C)cc(C=CC(N)=O)cc3C)n2)cc1. The van der Waals surface area contributed by atoms with Crippen molar-refractivity contribution in [2.45, 2.75) is 13.8 Å². The number of benzene rings is 2. The smallest absolute Gasteiger partial charge is 0.241 e. The van der Waals surface area contributed by atoms with E-state index in [0.29, 0.717) is 11.8 Å². The number of carbonyl (C=O) groups excluding carboxylic acids is 1. The third kappa shape index (κ3) is 5.21. The Morgan fingerprint density at radius 1 is 1.10 bits per heavy atom. The van der Waals surface area contributed by atoms with Crippen molar-refractivity contribution in [3.63, 3.8) is 0 Å². The number of primary amides is 1. The number of aryl methyl sites for hydroxylation is 2. The number of nitrogens with one attached hydrogen (secondary N) is 2. The van der Waals surface area contributed by atoms with Crippen molar-refractivity contribution < 1.29 is 4.79 Å². The first-order valence-electron chi connectivity index (χ1n) is 8.97. The molecule has 2 aromatic carbocycles. The Morgan fingerprint density at radius 3 is 2.41 bits per heavy atom. The molecular formula is C23H21N5O. The molecule has 0 aliphatic rings. The molecule has 6 nitrogen and oxygen atoms in total. The van der Waals surface area contributed by atoms with Crippen LogP contribution in [-0.4, -0.2) is 15.9 Å². The zero-order valence-corrected chi connectivity index (χ0v) is 16.2. The molecule has 0 radical (unpaired) electrons. The Balaban J connectivity index is 1.79. The van der Waals surface area contributed by atoms with Gasteiger partial charge in [-0.25, -0.2) is 4.98 Å². The maximum Gasteiger partial charge on any atom is 0.241 e. The number of hydrogen-bond acceptors (Lipinski definition) is 5. The summed E-state index contributed by atoms with van der Waals surface area (Å²) < 4.78 is 0. The lowest BCUT2D eigenvalue weighted by Gasteiger charge is -2.14. The molecule has 3 aromatic rings. The van der Waals surface area contributed by atoms with E-state index in [9.17, 15) is 4.79 Å². The van der Waals surface area contributed by atoms with E-state index in [0.717, 1.165) is 33.6 Å². The van der Waals surface area contributed by atoms with Gasteiger partial charge in [0.15, 0.2) is 0 Å². The normalized spacial score (nSPS) is 10.5. The number of rotatable bonds is 6.